The Morgan fingerprint density at radius 1 is 0.941 bits per heavy atom. The van der Waals surface area contributed by atoms with E-state index in [1.807, 2.05) is 18.4 Å². The number of rotatable bonds is 5. The molecule has 3 aromatic rings. The van der Waals surface area contributed by atoms with Gasteiger partial charge in [-0.15, -0.1) is 0 Å². The summed E-state index contributed by atoms with van der Waals surface area (Å²) in [6.45, 7) is 3.68. The number of urea groups is 1. The van der Waals surface area contributed by atoms with Crippen LogP contribution >= 0.6 is 0 Å². The molecule has 0 saturated carbocycles. The summed E-state index contributed by atoms with van der Waals surface area (Å²) in [5.74, 6) is -1.29. The van der Waals surface area contributed by atoms with Crippen molar-refractivity contribution in [3.05, 3.63) is 76.9 Å². The van der Waals surface area contributed by atoms with Gasteiger partial charge in [0.1, 0.15) is 22.9 Å². The lowest BCUT2D eigenvalue weighted by atomic mass is 10.1. The fourth-order valence-corrected chi connectivity index (χ4v) is 3.92. The molecule has 0 unspecified atom stereocenters. The van der Waals surface area contributed by atoms with Crippen molar-refractivity contribution in [2.24, 2.45) is 0 Å². The van der Waals surface area contributed by atoms with Crippen LogP contribution in [0, 0.1) is 19.7 Å². The molecule has 1 aromatic heterocycles. The van der Waals surface area contributed by atoms with Crippen LogP contribution in [0.2, 0.25) is 0 Å². The Morgan fingerprint density at radius 3 is 2.29 bits per heavy atom. The summed E-state index contributed by atoms with van der Waals surface area (Å²) in [6, 6.07) is 11.6. The number of aromatic nitrogens is 1. The monoisotopic (exact) mass is 463 g/mol. The van der Waals surface area contributed by atoms with E-state index in [-0.39, 0.29) is 22.8 Å². The molecule has 2 heterocycles. The summed E-state index contributed by atoms with van der Waals surface area (Å²) in [4.78, 5) is 39.5. The second kappa shape index (κ2) is 8.86. The molecule has 1 N–H and O–H groups in total. The molecule has 8 nitrogen and oxygen atoms in total. The number of amides is 4. The molecule has 0 atom stereocenters. The van der Waals surface area contributed by atoms with E-state index >= 15 is 0 Å². The standard InChI is InChI=1S/C25H22FN3O5/c1-14-11-16(15(2)28(14)18-7-5-17(26)6-8-18)12-20-23(30)27-25(32)29(24(20)31)21-13-19(33-3)9-10-22(21)34-4/h5-13H,1-4H3,(H,27,30,32). The number of hydrogen-bond donors (Lipinski definition) is 1. The largest absolute Gasteiger partial charge is 0.497 e. The van der Waals surface area contributed by atoms with Crippen molar-refractivity contribution in [1.82, 2.24) is 9.88 Å². The van der Waals surface area contributed by atoms with Gasteiger partial charge in [-0.25, -0.2) is 14.1 Å². The lowest BCUT2D eigenvalue weighted by molar-refractivity contribution is -0.122. The van der Waals surface area contributed by atoms with Crippen LogP contribution in [0.3, 0.4) is 0 Å². The molecule has 0 radical (unpaired) electrons. The van der Waals surface area contributed by atoms with Gasteiger partial charge in [-0.3, -0.25) is 14.9 Å². The topological polar surface area (TPSA) is 89.9 Å². The van der Waals surface area contributed by atoms with Crippen LogP contribution in [-0.2, 0) is 9.59 Å². The molecule has 2 aromatic carbocycles. The van der Waals surface area contributed by atoms with E-state index in [1.165, 1.54) is 38.5 Å². The molecule has 9 heteroatoms. The molecular formula is C25H22FN3O5. The molecular weight excluding hydrogens is 441 g/mol. The summed E-state index contributed by atoms with van der Waals surface area (Å²) in [5, 5.41) is 2.21. The first kappa shape index (κ1) is 22.8. The fourth-order valence-electron chi connectivity index (χ4n) is 3.92. The molecule has 1 aliphatic heterocycles. The molecule has 0 spiro atoms. The molecule has 4 rings (SSSR count). The molecule has 34 heavy (non-hydrogen) atoms. The van der Waals surface area contributed by atoms with E-state index in [9.17, 15) is 18.8 Å². The average molecular weight is 463 g/mol. The third kappa shape index (κ3) is 3.92. The minimum Gasteiger partial charge on any atom is -0.497 e. The molecule has 174 valence electrons. The number of nitrogens with one attached hydrogen (secondary N) is 1. The highest BCUT2D eigenvalue weighted by Gasteiger charge is 2.38. The Kier molecular flexibility index (Phi) is 5.93. The van der Waals surface area contributed by atoms with Gasteiger partial charge in [-0.2, -0.15) is 0 Å². The minimum absolute atomic E-state index is 0.138. The minimum atomic E-state index is -0.893. The van der Waals surface area contributed by atoms with Crippen molar-refractivity contribution < 1.29 is 28.2 Å². The zero-order valence-electron chi connectivity index (χ0n) is 19.0. The fraction of sp³-hybridized carbons (Fsp3) is 0.160. The molecule has 1 fully saturated rings. The normalized spacial score (nSPS) is 15.0. The number of hydrogen-bond acceptors (Lipinski definition) is 5. The third-order valence-electron chi connectivity index (χ3n) is 5.58. The van der Waals surface area contributed by atoms with Crippen LogP contribution in [0.15, 0.2) is 54.1 Å². The molecule has 0 aliphatic carbocycles. The number of aryl methyl sites for hydroxylation is 1. The van der Waals surface area contributed by atoms with E-state index in [0.717, 1.165) is 22.0 Å². The number of imide groups is 2. The summed E-state index contributed by atoms with van der Waals surface area (Å²) in [7, 11) is 2.86. The SMILES string of the molecule is COc1ccc(OC)c(N2C(=O)NC(=O)C(=Cc3cc(C)n(-c4ccc(F)cc4)c3C)C2=O)c1. The third-order valence-corrected chi connectivity index (χ3v) is 5.58. The molecule has 4 amide bonds. The first-order valence-electron chi connectivity index (χ1n) is 10.3. The number of nitrogens with zero attached hydrogens (tertiary/aromatic N) is 2. The van der Waals surface area contributed by atoms with Crippen LogP contribution in [-0.4, -0.2) is 36.6 Å². The Balaban J connectivity index is 1.78. The second-order valence-electron chi connectivity index (χ2n) is 7.63. The first-order chi connectivity index (χ1) is 16.2. The maximum Gasteiger partial charge on any atom is 0.336 e. The highest BCUT2D eigenvalue weighted by atomic mass is 19.1. The van der Waals surface area contributed by atoms with Crippen LogP contribution in [0.25, 0.3) is 11.8 Å². The maximum absolute atomic E-state index is 13.4. The van der Waals surface area contributed by atoms with Crippen molar-refractivity contribution in [1.29, 1.82) is 0 Å². The number of anilines is 1. The van der Waals surface area contributed by atoms with Gasteiger partial charge in [-0.1, -0.05) is 0 Å². The zero-order valence-corrected chi connectivity index (χ0v) is 19.0. The van der Waals surface area contributed by atoms with Gasteiger partial charge in [0.15, 0.2) is 0 Å². The quantitative estimate of drug-likeness (QED) is 0.458. The number of methoxy groups -OCH3 is 2. The van der Waals surface area contributed by atoms with Crippen LogP contribution in [0.5, 0.6) is 11.5 Å². The van der Waals surface area contributed by atoms with Crippen molar-refractivity contribution in [2.75, 3.05) is 19.1 Å². The molecule has 1 aliphatic rings. The number of halogens is 1. The average Bonchev–Trinajstić information content (AvgIpc) is 3.09. The number of carbonyl (C=O) groups excluding carboxylic acids is 3. The summed E-state index contributed by atoms with van der Waals surface area (Å²) in [5.41, 5.74) is 2.82. The maximum atomic E-state index is 13.4. The lowest BCUT2D eigenvalue weighted by Crippen LogP contribution is -2.54. The van der Waals surface area contributed by atoms with Crippen LogP contribution in [0.4, 0.5) is 14.9 Å². The van der Waals surface area contributed by atoms with E-state index in [4.69, 9.17) is 9.47 Å². The van der Waals surface area contributed by atoms with E-state index < -0.39 is 17.8 Å². The van der Waals surface area contributed by atoms with Crippen LogP contribution < -0.4 is 19.7 Å². The highest BCUT2D eigenvalue weighted by molar-refractivity contribution is 6.39. The van der Waals surface area contributed by atoms with E-state index in [0.29, 0.717) is 11.3 Å². The van der Waals surface area contributed by atoms with Crippen molar-refractivity contribution in [2.45, 2.75) is 13.8 Å². The van der Waals surface area contributed by atoms with Crippen molar-refractivity contribution in [3.63, 3.8) is 0 Å². The second-order valence-corrected chi connectivity index (χ2v) is 7.63. The van der Waals surface area contributed by atoms with E-state index in [1.54, 1.807) is 30.3 Å². The Bertz CT molecular complexity index is 1340. The van der Waals surface area contributed by atoms with Crippen molar-refractivity contribution >= 4 is 29.6 Å². The number of benzene rings is 2. The van der Waals surface area contributed by atoms with Gasteiger partial charge >= 0.3 is 6.03 Å². The van der Waals surface area contributed by atoms with E-state index in [2.05, 4.69) is 5.32 Å². The van der Waals surface area contributed by atoms with Gasteiger partial charge < -0.3 is 14.0 Å². The van der Waals surface area contributed by atoms with Crippen LogP contribution in [0.1, 0.15) is 17.0 Å². The number of barbiturate groups is 1. The van der Waals surface area contributed by atoms with Gasteiger partial charge in [0.25, 0.3) is 11.8 Å². The number of ether oxygens (including phenoxy) is 2. The molecule has 0 bridgehead atoms. The summed E-state index contributed by atoms with van der Waals surface area (Å²) >= 11 is 0. The summed E-state index contributed by atoms with van der Waals surface area (Å²) in [6.07, 6.45) is 1.44. The van der Waals surface area contributed by atoms with Gasteiger partial charge in [0.05, 0.1) is 19.9 Å². The smallest absolute Gasteiger partial charge is 0.336 e. The Morgan fingerprint density at radius 2 is 1.65 bits per heavy atom. The van der Waals surface area contributed by atoms with Gasteiger partial charge in [0, 0.05) is 23.1 Å². The van der Waals surface area contributed by atoms with Gasteiger partial charge in [0.2, 0.25) is 0 Å². The predicted octanol–water partition coefficient (Wildman–Crippen LogP) is 3.92. The van der Waals surface area contributed by atoms with Gasteiger partial charge in [-0.05, 0) is 68.0 Å². The van der Waals surface area contributed by atoms with Crippen molar-refractivity contribution in [3.8, 4) is 17.2 Å². The highest BCUT2D eigenvalue weighted by Crippen LogP contribution is 2.35. The summed E-state index contributed by atoms with van der Waals surface area (Å²) < 4.78 is 25.8. The predicted molar refractivity (Wildman–Crippen MR) is 124 cm³/mol. The zero-order chi connectivity index (χ0) is 24.6. The molecule has 1 saturated heterocycles. The first-order valence-corrected chi connectivity index (χ1v) is 10.3. The number of carbonyl (C=O) groups is 3. The lowest BCUT2D eigenvalue weighted by Gasteiger charge is -2.27. The Hall–Kier alpha value is -4.40. The Labute approximate surface area is 195 Å².